The number of hydrogen-bond acceptors (Lipinski definition) is 6. The molecule has 6 nitrogen and oxygen atoms in total. The van der Waals surface area contributed by atoms with Gasteiger partial charge in [-0.3, -0.25) is 4.79 Å². The van der Waals surface area contributed by atoms with Crippen molar-refractivity contribution in [3.63, 3.8) is 0 Å². The number of phenolic OH excluding ortho intramolecular Hbond substituents is 1. The van der Waals surface area contributed by atoms with Gasteiger partial charge in [-0.15, -0.1) is 0 Å². The topological polar surface area (TPSA) is 87.5 Å². The Labute approximate surface area is 139 Å². The van der Waals surface area contributed by atoms with Gasteiger partial charge in [0.15, 0.2) is 5.16 Å². The minimum absolute atomic E-state index is 0.149. The number of nitrogens with zero attached hydrogens (tertiary/aromatic N) is 3. The molecule has 7 heteroatoms. The zero-order chi connectivity index (χ0) is 16.8. The number of hydrazone groups is 1. The zero-order valence-electron chi connectivity index (χ0n) is 13.1. The summed E-state index contributed by atoms with van der Waals surface area (Å²) in [6.45, 7) is 5.55. The molecule has 0 aliphatic carbocycles. The first-order valence-electron chi connectivity index (χ1n) is 7.05. The molecule has 2 aromatic rings. The van der Waals surface area contributed by atoms with Gasteiger partial charge in [-0.25, -0.2) is 15.4 Å². The smallest absolute Gasteiger partial charge is 0.253 e. The molecular weight excluding hydrogens is 312 g/mol. The highest BCUT2D eigenvalue weighted by Crippen LogP contribution is 2.20. The van der Waals surface area contributed by atoms with Crippen molar-refractivity contribution >= 4 is 23.9 Å². The molecule has 0 bridgehead atoms. The summed E-state index contributed by atoms with van der Waals surface area (Å²) in [4.78, 5) is 20.6. The number of aromatic nitrogens is 2. The maximum atomic E-state index is 12.0. The first-order valence-corrected chi connectivity index (χ1v) is 7.93. The number of rotatable bonds is 5. The molecule has 1 aromatic carbocycles. The molecule has 0 unspecified atom stereocenters. The third-order valence-electron chi connectivity index (χ3n) is 2.87. The van der Waals surface area contributed by atoms with Crippen LogP contribution in [0.4, 0.5) is 0 Å². The van der Waals surface area contributed by atoms with E-state index in [9.17, 15) is 9.90 Å². The monoisotopic (exact) mass is 330 g/mol. The molecule has 0 saturated carbocycles. The number of aryl methyl sites for hydroxylation is 2. The third-order valence-corrected chi connectivity index (χ3v) is 3.83. The van der Waals surface area contributed by atoms with Crippen LogP contribution in [0.1, 0.15) is 23.9 Å². The Morgan fingerprint density at radius 2 is 2.00 bits per heavy atom. The number of phenols is 1. The normalized spacial score (nSPS) is 12.3. The van der Waals surface area contributed by atoms with E-state index in [0.717, 1.165) is 11.4 Å². The van der Waals surface area contributed by atoms with Crippen LogP contribution in [0.15, 0.2) is 40.6 Å². The van der Waals surface area contributed by atoms with Gasteiger partial charge in [0, 0.05) is 11.4 Å². The molecule has 0 saturated heterocycles. The molecule has 1 atom stereocenters. The van der Waals surface area contributed by atoms with Crippen LogP contribution in [0.2, 0.25) is 0 Å². The lowest BCUT2D eigenvalue weighted by molar-refractivity contribution is -0.120. The van der Waals surface area contributed by atoms with E-state index in [1.54, 1.807) is 31.2 Å². The summed E-state index contributed by atoms with van der Waals surface area (Å²) < 4.78 is 0. The van der Waals surface area contributed by atoms with Crippen molar-refractivity contribution < 1.29 is 9.90 Å². The van der Waals surface area contributed by atoms with Crippen molar-refractivity contribution in [1.29, 1.82) is 0 Å². The fourth-order valence-corrected chi connectivity index (χ4v) is 2.69. The van der Waals surface area contributed by atoms with Gasteiger partial charge in [-0.2, -0.15) is 5.10 Å². The van der Waals surface area contributed by atoms with Gasteiger partial charge < -0.3 is 5.11 Å². The van der Waals surface area contributed by atoms with Crippen molar-refractivity contribution in [2.45, 2.75) is 31.2 Å². The van der Waals surface area contributed by atoms with E-state index < -0.39 is 0 Å². The van der Waals surface area contributed by atoms with E-state index in [0.29, 0.717) is 10.7 Å². The van der Waals surface area contributed by atoms with Crippen LogP contribution in [-0.2, 0) is 4.79 Å². The Morgan fingerprint density at radius 1 is 1.30 bits per heavy atom. The molecule has 1 amide bonds. The van der Waals surface area contributed by atoms with Crippen LogP contribution < -0.4 is 5.43 Å². The van der Waals surface area contributed by atoms with E-state index in [1.165, 1.54) is 18.0 Å². The first kappa shape index (κ1) is 17.0. The van der Waals surface area contributed by atoms with E-state index in [4.69, 9.17) is 0 Å². The van der Waals surface area contributed by atoms with Gasteiger partial charge in [0.1, 0.15) is 5.75 Å². The number of benzene rings is 1. The third kappa shape index (κ3) is 5.37. The van der Waals surface area contributed by atoms with Crippen LogP contribution in [-0.4, -0.2) is 32.4 Å². The molecule has 0 aliphatic rings. The Hall–Kier alpha value is -2.41. The zero-order valence-corrected chi connectivity index (χ0v) is 14.0. The average Bonchev–Trinajstić information content (AvgIpc) is 2.46. The van der Waals surface area contributed by atoms with Crippen LogP contribution in [0, 0.1) is 13.8 Å². The molecule has 2 N–H and O–H groups in total. The maximum Gasteiger partial charge on any atom is 0.253 e. The summed E-state index contributed by atoms with van der Waals surface area (Å²) in [5.41, 5.74) is 4.91. The van der Waals surface area contributed by atoms with E-state index in [2.05, 4.69) is 20.5 Å². The molecule has 1 aromatic heterocycles. The summed E-state index contributed by atoms with van der Waals surface area (Å²) >= 11 is 1.28. The van der Waals surface area contributed by atoms with Crippen LogP contribution >= 0.6 is 11.8 Å². The lowest BCUT2D eigenvalue weighted by Gasteiger charge is -2.09. The number of carbonyl (C=O) groups is 1. The minimum atomic E-state index is -0.377. The summed E-state index contributed by atoms with van der Waals surface area (Å²) in [5.74, 6) is -0.0923. The van der Waals surface area contributed by atoms with E-state index in [1.807, 2.05) is 19.9 Å². The highest BCUT2D eigenvalue weighted by atomic mass is 32.2. The van der Waals surface area contributed by atoms with Crippen molar-refractivity contribution in [1.82, 2.24) is 15.4 Å². The van der Waals surface area contributed by atoms with Gasteiger partial charge in [0.05, 0.1) is 11.5 Å². The molecule has 23 heavy (non-hydrogen) atoms. The average molecular weight is 330 g/mol. The number of nitrogens with one attached hydrogen (secondary N) is 1. The minimum Gasteiger partial charge on any atom is -0.508 e. The number of carbonyl (C=O) groups excluding carboxylic acids is 1. The predicted octanol–water partition coefficient (Wildman–Crippen LogP) is 2.43. The summed E-state index contributed by atoms with van der Waals surface area (Å²) in [6.07, 6.45) is 1.47. The van der Waals surface area contributed by atoms with Crippen molar-refractivity contribution in [2.75, 3.05) is 0 Å². The van der Waals surface area contributed by atoms with Crippen LogP contribution in [0.5, 0.6) is 5.75 Å². The Morgan fingerprint density at radius 3 is 2.65 bits per heavy atom. The first-order chi connectivity index (χ1) is 10.9. The number of thioether (sulfide) groups is 1. The number of hydrogen-bond donors (Lipinski definition) is 2. The molecule has 0 radical (unpaired) electrons. The Balaban J connectivity index is 1.92. The molecule has 0 fully saturated rings. The van der Waals surface area contributed by atoms with Gasteiger partial charge in [0.2, 0.25) is 0 Å². The molecule has 0 aliphatic heterocycles. The fraction of sp³-hybridized carbons (Fsp3) is 0.250. The van der Waals surface area contributed by atoms with E-state index in [-0.39, 0.29) is 16.9 Å². The van der Waals surface area contributed by atoms with Gasteiger partial charge >= 0.3 is 0 Å². The molecule has 1 heterocycles. The standard InChI is InChI=1S/C16H18N4O2S/c1-10-7-11(2)19-16(18-10)23-12(3)15(22)20-17-9-13-5-4-6-14(21)8-13/h4-9,12,21H,1-3H3,(H,20,22)/b17-9-/t12-/m0/s1. The summed E-state index contributed by atoms with van der Waals surface area (Å²) in [6, 6.07) is 8.48. The second-order valence-corrected chi connectivity index (χ2v) is 6.33. The highest BCUT2D eigenvalue weighted by molar-refractivity contribution is 8.00. The second kappa shape index (κ2) is 7.73. The highest BCUT2D eigenvalue weighted by Gasteiger charge is 2.15. The largest absolute Gasteiger partial charge is 0.508 e. The van der Waals surface area contributed by atoms with Gasteiger partial charge in [0.25, 0.3) is 5.91 Å². The Bertz CT molecular complexity index is 714. The summed E-state index contributed by atoms with van der Waals surface area (Å²) in [5, 5.41) is 13.4. The fourth-order valence-electron chi connectivity index (χ4n) is 1.82. The lowest BCUT2D eigenvalue weighted by Crippen LogP contribution is -2.27. The SMILES string of the molecule is Cc1cc(C)nc(S[C@@H](C)C(=O)N/N=C\c2cccc(O)c2)n1. The molecule has 2 rings (SSSR count). The number of amides is 1. The predicted molar refractivity (Wildman–Crippen MR) is 90.7 cm³/mol. The van der Waals surface area contributed by atoms with Crippen LogP contribution in [0.3, 0.4) is 0 Å². The van der Waals surface area contributed by atoms with Gasteiger partial charge in [-0.1, -0.05) is 23.9 Å². The number of aromatic hydroxyl groups is 1. The van der Waals surface area contributed by atoms with Gasteiger partial charge in [-0.05, 0) is 44.5 Å². The summed E-state index contributed by atoms with van der Waals surface area (Å²) in [7, 11) is 0. The molecule has 120 valence electrons. The molecule has 0 spiro atoms. The lowest BCUT2D eigenvalue weighted by atomic mass is 10.2. The van der Waals surface area contributed by atoms with Crippen LogP contribution in [0.25, 0.3) is 0 Å². The van der Waals surface area contributed by atoms with Crippen molar-refractivity contribution in [3.8, 4) is 5.75 Å². The maximum absolute atomic E-state index is 12.0. The van der Waals surface area contributed by atoms with Crippen molar-refractivity contribution in [3.05, 3.63) is 47.3 Å². The second-order valence-electron chi connectivity index (χ2n) is 5.02. The molecular formula is C16H18N4O2S. The van der Waals surface area contributed by atoms with Crippen molar-refractivity contribution in [2.24, 2.45) is 5.10 Å². The Kier molecular flexibility index (Phi) is 5.70. The van der Waals surface area contributed by atoms with E-state index >= 15 is 0 Å². The quantitative estimate of drug-likeness (QED) is 0.380.